The van der Waals surface area contributed by atoms with Crippen molar-refractivity contribution in [2.24, 2.45) is 0 Å². The fraction of sp³-hybridized carbons (Fsp3) is 0. The third kappa shape index (κ3) is 2.71. The van der Waals surface area contributed by atoms with Crippen molar-refractivity contribution >= 4 is 28.8 Å². The van der Waals surface area contributed by atoms with E-state index in [4.69, 9.17) is 0 Å². The Kier molecular flexibility index (Phi) is 4.28. The second-order valence-electron chi connectivity index (χ2n) is 6.09. The monoisotopic (exact) mass is 337 g/mol. The highest BCUT2D eigenvalue weighted by Crippen LogP contribution is 2.08. The summed E-state index contributed by atoms with van der Waals surface area (Å²) in [4.78, 5) is 4.46. The van der Waals surface area contributed by atoms with Crippen LogP contribution in [0.2, 0.25) is 0 Å². The van der Waals surface area contributed by atoms with E-state index in [0.717, 1.165) is 0 Å². The summed E-state index contributed by atoms with van der Waals surface area (Å²) < 4.78 is 0. The number of pyridine rings is 1. The number of benzene rings is 3. The summed E-state index contributed by atoms with van der Waals surface area (Å²) in [6.07, 6.45) is 3.89. The van der Waals surface area contributed by atoms with Gasteiger partial charge in [-0.05, 0) is 26.8 Å². The molecule has 1 aromatic heterocycles. The molecule has 0 saturated carbocycles. The molecule has 0 amide bonds. The lowest BCUT2D eigenvalue weighted by Gasteiger charge is -2.33. The molecule has 1 nitrogen and oxygen atoms in total. The van der Waals surface area contributed by atoms with E-state index >= 15 is 0 Å². The van der Waals surface area contributed by atoms with Crippen molar-refractivity contribution in [2.75, 3.05) is 0 Å². The summed E-state index contributed by atoms with van der Waals surface area (Å²) in [7, 11) is -2.36. The smallest absolute Gasteiger partial charge is 0.181 e. The highest BCUT2D eigenvalue weighted by atomic mass is 28.3. The van der Waals surface area contributed by atoms with Crippen LogP contribution in [-0.4, -0.2) is 13.1 Å². The van der Waals surface area contributed by atoms with E-state index in [1.807, 2.05) is 18.5 Å². The minimum Gasteiger partial charge on any atom is -0.265 e. The van der Waals surface area contributed by atoms with Gasteiger partial charge in [-0.2, -0.15) is 0 Å². The largest absolute Gasteiger partial charge is 0.265 e. The minimum atomic E-state index is -2.36. The molecule has 0 bridgehead atoms. The van der Waals surface area contributed by atoms with Crippen LogP contribution >= 0.6 is 0 Å². The highest BCUT2D eigenvalue weighted by molar-refractivity contribution is 7.19. The van der Waals surface area contributed by atoms with Gasteiger partial charge < -0.3 is 0 Å². The van der Waals surface area contributed by atoms with Gasteiger partial charge in [-0.3, -0.25) is 4.98 Å². The molecule has 0 spiro atoms. The van der Waals surface area contributed by atoms with Crippen molar-refractivity contribution in [2.45, 2.75) is 0 Å². The fourth-order valence-electron chi connectivity index (χ4n) is 3.65. The van der Waals surface area contributed by atoms with Crippen molar-refractivity contribution < 1.29 is 0 Å². The van der Waals surface area contributed by atoms with E-state index in [2.05, 4.69) is 102 Å². The Morgan fingerprint density at radius 3 is 1.20 bits per heavy atom. The van der Waals surface area contributed by atoms with E-state index in [0.29, 0.717) is 0 Å². The van der Waals surface area contributed by atoms with Crippen LogP contribution in [0.4, 0.5) is 0 Å². The minimum absolute atomic E-state index is 1.30. The zero-order chi connectivity index (χ0) is 17.0. The van der Waals surface area contributed by atoms with E-state index in [-0.39, 0.29) is 0 Å². The van der Waals surface area contributed by atoms with Crippen LogP contribution in [0.25, 0.3) is 0 Å². The Hall–Kier alpha value is -2.97. The quantitative estimate of drug-likeness (QED) is 0.412. The van der Waals surface area contributed by atoms with E-state index in [9.17, 15) is 0 Å². The molecule has 2 heteroatoms. The van der Waals surface area contributed by atoms with Gasteiger partial charge in [0.2, 0.25) is 0 Å². The number of rotatable bonds is 4. The molecule has 1 heterocycles. The van der Waals surface area contributed by atoms with Gasteiger partial charge in [-0.25, -0.2) is 0 Å². The predicted octanol–water partition coefficient (Wildman–Crippen LogP) is 2.46. The molecule has 0 unspecified atom stereocenters. The third-order valence-electron chi connectivity index (χ3n) is 4.71. The average molecular weight is 337 g/mol. The Morgan fingerprint density at radius 1 is 0.440 bits per heavy atom. The van der Waals surface area contributed by atoms with E-state index < -0.39 is 8.07 Å². The molecule has 0 fully saturated rings. The first-order valence-electron chi connectivity index (χ1n) is 8.49. The van der Waals surface area contributed by atoms with E-state index in [1.165, 1.54) is 20.7 Å². The summed E-state index contributed by atoms with van der Waals surface area (Å²) in [6.45, 7) is 0. The van der Waals surface area contributed by atoms with Crippen LogP contribution < -0.4 is 20.7 Å². The molecule has 0 saturated heterocycles. The van der Waals surface area contributed by atoms with Crippen LogP contribution in [0.5, 0.6) is 0 Å². The summed E-state index contributed by atoms with van der Waals surface area (Å²) >= 11 is 0. The first-order valence-corrected chi connectivity index (χ1v) is 10.5. The average Bonchev–Trinajstić information content (AvgIpc) is 2.72. The molecule has 0 aliphatic carbocycles. The lowest BCUT2D eigenvalue weighted by molar-refractivity contribution is 1.35. The Bertz CT molecular complexity index is 759. The van der Waals surface area contributed by atoms with Crippen LogP contribution in [0.3, 0.4) is 0 Å². The first kappa shape index (κ1) is 15.5. The summed E-state index contributed by atoms with van der Waals surface area (Å²) in [5.74, 6) is 0. The maximum atomic E-state index is 4.46. The maximum Gasteiger partial charge on any atom is 0.181 e. The van der Waals surface area contributed by atoms with Crippen LogP contribution in [-0.2, 0) is 0 Å². The van der Waals surface area contributed by atoms with Gasteiger partial charge in [0.1, 0.15) is 0 Å². The molecule has 0 atom stereocenters. The molecule has 4 rings (SSSR count). The molecule has 3 aromatic carbocycles. The SMILES string of the molecule is c1ccc([Si](c2ccccc2)(c2ccccc2)c2cccnc2)cc1. The Morgan fingerprint density at radius 2 is 0.840 bits per heavy atom. The van der Waals surface area contributed by atoms with Gasteiger partial charge in [-0.1, -0.05) is 97.1 Å². The molecule has 0 aliphatic rings. The zero-order valence-corrected chi connectivity index (χ0v) is 14.9. The van der Waals surface area contributed by atoms with Crippen LogP contribution in [0.1, 0.15) is 0 Å². The number of aromatic nitrogens is 1. The van der Waals surface area contributed by atoms with Gasteiger partial charge in [0, 0.05) is 12.4 Å². The number of hydrogen-bond donors (Lipinski definition) is 0. The van der Waals surface area contributed by atoms with Crippen molar-refractivity contribution in [1.82, 2.24) is 4.98 Å². The van der Waals surface area contributed by atoms with Crippen molar-refractivity contribution in [3.63, 3.8) is 0 Å². The lowest BCUT2D eigenvalue weighted by Crippen LogP contribution is -2.74. The predicted molar refractivity (Wildman–Crippen MR) is 108 cm³/mol. The van der Waals surface area contributed by atoms with Gasteiger partial charge in [0.05, 0.1) is 0 Å². The number of nitrogens with zero attached hydrogens (tertiary/aromatic N) is 1. The molecule has 120 valence electrons. The van der Waals surface area contributed by atoms with Gasteiger partial charge in [0.25, 0.3) is 0 Å². The van der Waals surface area contributed by atoms with Gasteiger partial charge >= 0.3 is 0 Å². The maximum absolute atomic E-state index is 4.46. The molecule has 0 aliphatic heterocycles. The number of hydrogen-bond acceptors (Lipinski definition) is 1. The normalized spacial score (nSPS) is 11.2. The molecule has 0 radical (unpaired) electrons. The second-order valence-corrected chi connectivity index (χ2v) is 9.90. The Balaban J connectivity index is 2.13. The van der Waals surface area contributed by atoms with Crippen LogP contribution in [0.15, 0.2) is 116 Å². The summed E-state index contributed by atoms with van der Waals surface area (Å²) in [5.41, 5.74) is 0. The van der Waals surface area contributed by atoms with E-state index in [1.54, 1.807) is 0 Å². The molecular weight excluding hydrogens is 318 g/mol. The molecule has 0 N–H and O–H groups in total. The second kappa shape index (κ2) is 6.87. The van der Waals surface area contributed by atoms with Crippen molar-refractivity contribution in [3.8, 4) is 0 Å². The highest BCUT2D eigenvalue weighted by Gasteiger charge is 2.41. The summed E-state index contributed by atoms with van der Waals surface area (Å²) in [5, 5.41) is 5.43. The Labute approximate surface area is 149 Å². The van der Waals surface area contributed by atoms with Gasteiger partial charge in [-0.15, -0.1) is 0 Å². The van der Waals surface area contributed by atoms with Crippen molar-refractivity contribution in [3.05, 3.63) is 116 Å². The molecular formula is C23H19NSi. The third-order valence-corrected chi connectivity index (χ3v) is 9.47. The zero-order valence-electron chi connectivity index (χ0n) is 13.9. The fourth-order valence-corrected chi connectivity index (χ4v) is 8.34. The first-order chi connectivity index (χ1) is 12.4. The van der Waals surface area contributed by atoms with Gasteiger partial charge in [0.15, 0.2) is 8.07 Å². The van der Waals surface area contributed by atoms with Crippen molar-refractivity contribution in [1.29, 1.82) is 0 Å². The van der Waals surface area contributed by atoms with Crippen LogP contribution in [0, 0.1) is 0 Å². The standard InChI is InChI=1S/C23H19NSi/c1-4-11-20(12-5-1)25(21-13-6-2-7-14-21,22-15-8-3-9-16-22)23-17-10-18-24-19-23/h1-19H. The molecule has 4 aromatic rings. The topological polar surface area (TPSA) is 12.9 Å². The molecule has 25 heavy (non-hydrogen) atoms. The summed E-state index contributed by atoms with van der Waals surface area (Å²) in [6, 6.07) is 36.9. The lowest BCUT2D eigenvalue weighted by atomic mass is 10.3.